The molecule has 2 rings (SSSR count). The topological polar surface area (TPSA) is 134 Å². The summed E-state index contributed by atoms with van der Waals surface area (Å²) in [6.07, 6.45) is 1.07. The zero-order valence-electron chi connectivity index (χ0n) is 15.8. The molecule has 0 spiro atoms. The van der Waals surface area contributed by atoms with Gasteiger partial charge in [-0.2, -0.15) is 0 Å². The second-order valence-corrected chi connectivity index (χ2v) is 8.07. The number of H-pyrrole nitrogens is 2. The third-order valence-electron chi connectivity index (χ3n) is 3.37. The molecule has 11 heteroatoms. The molecule has 0 amide bonds. The lowest BCUT2D eigenvalue weighted by molar-refractivity contribution is 0.00745. The fourth-order valence-corrected chi connectivity index (χ4v) is 3.38. The summed E-state index contributed by atoms with van der Waals surface area (Å²) in [5.41, 5.74) is -1.14. The molecule has 3 N–H and O–H groups in total. The van der Waals surface area contributed by atoms with Crippen LogP contribution in [0.1, 0.15) is 51.9 Å². The molecule has 0 unspecified atom stereocenters. The first-order valence-electron chi connectivity index (χ1n) is 7.99. The summed E-state index contributed by atoms with van der Waals surface area (Å²) < 4.78 is 10.1. The monoisotopic (exact) mass is 425 g/mol. The van der Waals surface area contributed by atoms with Crippen molar-refractivity contribution in [2.24, 2.45) is 4.99 Å². The van der Waals surface area contributed by atoms with Crippen LogP contribution in [0, 0.1) is 11.7 Å². The number of hydrogen-bond donors (Lipinski definition) is 3. The van der Waals surface area contributed by atoms with Gasteiger partial charge in [-0.15, -0.1) is 11.3 Å². The van der Waals surface area contributed by atoms with Gasteiger partial charge in [0.25, 0.3) is 5.56 Å². The number of thiophene rings is 1. The Labute approximate surface area is 169 Å². The van der Waals surface area contributed by atoms with Crippen LogP contribution in [-0.4, -0.2) is 45.9 Å². The molecule has 0 fully saturated rings. The summed E-state index contributed by atoms with van der Waals surface area (Å²) in [7, 11) is 1.20. The minimum atomic E-state index is -0.719. The minimum Gasteiger partial charge on any atom is -0.494 e. The average molecular weight is 425 g/mol. The van der Waals surface area contributed by atoms with E-state index >= 15 is 0 Å². The predicted octanol–water partition coefficient (Wildman–Crippen LogP) is 3.00. The molecule has 9 nitrogen and oxygen atoms in total. The van der Waals surface area contributed by atoms with Crippen molar-refractivity contribution in [3.05, 3.63) is 36.7 Å². The predicted molar refractivity (Wildman–Crippen MR) is 107 cm³/mol. The number of carbonyl (C=O) groups excluding carboxylic acids is 2. The standard InChI is InChI=1S/C17H19N3O6S2/c1-7-9(14(23)25-5)13(28-10(7)15(24)26-17(2,3)4)18-6-8-11(21)19-16(27)20-12(8)22/h6H,1-5H3,(H3,19,20,21,22,27). The highest BCUT2D eigenvalue weighted by molar-refractivity contribution is 7.71. The zero-order valence-corrected chi connectivity index (χ0v) is 17.5. The number of hydrogen-bond acceptors (Lipinski definition) is 9. The molecule has 0 aliphatic rings. The number of esters is 2. The molecule has 28 heavy (non-hydrogen) atoms. The Bertz CT molecular complexity index is 1070. The van der Waals surface area contributed by atoms with E-state index in [1.165, 1.54) is 7.11 Å². The first kappa shape index (κ1) is 21.5. The van der Waals surface area contributed by atoms with Crippen molar-refractivity contribution in [2.45, 2.75) is 33.3 Å². The van der Waals surface area contributed by atoms with E-state index in [4.69, 9.17) is 21.7 Å². The zero-order chi connectivity index (χ0) is 21.2. The van der Waals surface area contributed by atoms with Gasteiger partial charge >= 0.3 is 11.9 Å². The molecular weight excluding hydrogens is 406 g/mol. The van der Waals surface area contributed by atoms with E-state index in [-0.39, 0.29) is 25.8 Å². The minimum absolute atomic E-state index is 0.0471. The Hall–Kier alpha value is -2.79. The third kappa shape index (κ3) is 4.73. The van der Waals surface area contributed by atoms with Crippen LogP contribution >= 0.6 is 23.6 Å². The van der Waals surface area contributed by atoms with Crippen molar-refractivity contribution in [3.63, 3.8) is 0 Å². The lowest BCUT2D eigenvalue weighted by atomic mass is 10.1. The number of nitrogens with one attached hydrogen (secondary N) is 2. The van der Waals surface area contributed by atoms with E-state index in [2.05, 4.69) is 15.0 Å². The normalized spacial score (nSPS) is 11.6. The smallest absolute Gasteiger partial charge is 0.349 e. The van der Waals surface area contributed by atoms with Crippen LogP contribution in [0.2, 0.25) is 0 Å². The summed E-state index contributed by atoms with van der Waals surface area (Å²) >= 11 is 5.68. The van der Waals surface area contributed by atoms with Crippen molar-refractivity contribution in [3.8, 4) is 5.88 Å². The number of ether oxygens (including phenoxy) is 2. The summed E-state index contributed by atoms with van der Waals surface area (Å²) in [6, 6.07) is 0. The number of aromatic nitrogens is 2. The molecule has 2 aromatic rings. The van der Waals surface area contributed by atoms with Gasteiger partial charge in [-0.25, -0.2) is 14.6 Å². The number of aliphatic imine (C=N–C) groups is 1. The van der Waals surface area contributed by atoms with Crippen molar-refractivity contribution in [1.82, 2.24) is 9.97 Å². The lowest BCUT2D eigenvalue weighted by Crippen LogP contribution is -2.23. The molecule has 0 bridgehead atoms. The van der Waals surface area contributed by atoms with Crippen LogP contribution in [0.3, 0.4) is 0 Å². The largest absolute Gasteiger partial charge is 0.494 e. The summed E-state index contributed by atoms with van der Waals surface area (Å²) in [5.74, 6) is -1.77. The molecule has 0 atom stereocenters. The maximum atomic E-state index is 12.5. The Balaban J connectivity index is 2.56. The lowest BCUT2D eigenvalue weighted by Gasteiger charge is -2.19. The van der Waals surface area contributed by atoms with Gasteiger partial charge in [-0.3, -0.25) is 9.78 Å². The van der Waals surface area contributed by atoms with E-state index in [0.29, 0.717) is 5.56 Å². The van der Waals surface area contributed by atoms with Crippen LogP contribution in [0.25, 0.3) is 0 Å². The maximum absolute atomic E-state index is 12.5. The van der Waals surface area contributed by atoms with E-state index in [9.17, 15) is 19.5 Å². The van der Waals surface area contributed by atoms with E-state index < -0.39 is 29.0 Å². The Kier molecular flexibility index (Phi) is 6.20. The second-order valence-electron chi connectivity index (χ2n) is 6.66. The van der Waals surface area contributed by atoms with Crippen LogP contribution in [-0.2, 0) is 9.47 Å². The summed E-state index contributed by atoms with van der Waals surface area (Å²) in [5, 5.41) is 9.99. The summed E-state index contributed by atoms with van der Waals surface area (Å²) in [6.45, 7) is 6.75. The fourth-order valence-electron chi connectivity index (χ4n) is 2.18. The molecule has 0 radical (unpaired) electrons. The van der Waals surface area contributed by atoms with Crippen molar-refractivity contribution in [1.29, 1.82) is 0 Å². The first-order chi connectivity index (χ1) is 12.9. The highest BCUT2D eigenvalue weighted by atomic mass is 32.1. The highest BCUT2D eigenvalue weighted by Crippen LogP contribution is 2.37. The number of aromatic hydroxyl groups is 1. The maximum Gasteiger partial charge on any atom is 0.349 e. The van der Waals surface area contributed by atoms with Crippen LogP contribution in [0.15, 0.2) is 9.79 Å². The molecule has 0 saturated carbocycles. The Morgan fingerprint density at radius 3 is 2.43 bits per heavy atom. The van der Waals surface area contributed by atoms with Gasteiger partial charge in [-0.1, -0.05) is 0 Å². The van der Waals surface area contributed by atoms with Crippen molar-refractivity contribution in [2.75, 3.05) is 7.11 Å². The molecule has 0 aliphatic heterocycles. The molecule has 2 aromatic heterocycles. The van der Waals surface area contributed by atoms with Crippen molar-refractivity contribution >= 4 is 46.7 Å². The number of methoxy groups -OCH3 is 1. The van der Waals surface area contributed by atoms with Gasteiger partial charge < -0.3 is 19.6 Å². The number of carbonyl (C=O) groups is 2. The number of nitrogens with zero attached hydrogens (tertiary/aromatic N) is 1. The molecule has 0 aromatic carbocycles. The van der Waals surface area contributed by atoms with Crippen LogP contribution in [0.4, 0.5) is 5.00 Å². The van der Waals surface area contributed by atoms with Gasteiger partial charge in [0.05, 0.1) is 7.11 Å². The molecule has 0 aliphatic carbocycles. The molecule has 150 valence electrons. The average Bonchev–Trinajstić information content (AvgIpc) is 2.88. The van der Waals surface area contributed by atoms with Crippen LogP contribution < -0.4 is 5.56 Å². The van der Waals surface area contributed by atoms with Crippen molar-refractivity contribution < 1.29 is 24.2 Å². The van der Waals surface area contributed by atoms with Gasteiger partial charge in [0.15, 0.2) is 4.77 Å². The van der Waals surface area contributed by atoms with Gasteiger partial charge in [0, 0.05) is 6.21 Å². The quantitative estimate of drug-likeness (QED) is 0.389. The number of rotatable bonds is 4. The third-order valence-corrected chi connectivity index (χ3v) is 4.76. The van der Waals surface area contributed by atoms with Gasteiger partial charge in [-0.05, 0) is 45.5 Å². The SMILES string of the molecule is COC(=O)c1c(N=Cc2c(O)[nH]c(=S)[nH]c2=O)sc(C(=O)OC(C)(C)C)c1C. The van der Waals surface area contributed by atoms with Gasteiger partial charge in [0.1, 0.15) is 26.6 Å². The molecular formula is C17H19N3O6S2. The Morgan fingerprint density at radius 2 is 1.89 bits per heavy atom. The second kappa shape index (κ2) is 8.07. The van der Waals surface area contributed by atoms with Gasteiger partial charge in [0.2, 0.25) is 5.88 Å². The van der Waals surface area contributed by atoms with Crippen LogP contribution in [0.5, 0.6) is 5.88 Å². The van der Waals surface area contributed by atoms with E-state index in [1.807, 2.05) is 0 Å². The summed E-state index contributed by atoms with van der Waals surface area (Å²) in [4.78, 5) is 45.6. The highest BCUT2D eigenvalue weighted by Gasteiger charge is 2.28. The van der Waals surface area contributed by atoms with E-state index in [0.717, 1.165) is 17.6 Å². The fraction of sp³-hybridized carbons (Fsp3) is 0.353. The Morgan fingerprint density at radius 1 is 1.25 bits per heavy atom. The first-order valence-corrected chi connectivity index (χ1v) is 9.21. The molecule has 0 saturated heterocycles. The number of aromatic amines is 2. The van der Waals surface area contributed by atoms with E-state index in [1.54, 1.807) is 27.7 Å². The molecule has 2 heterocycles.